The molecule has 0 aliphatic heterocycles. The molecule has 0 fully saturated rings. The van der Waals surface area contributed by atoms with Crippen molar-refractivity contribution in [1.82, 2.24) is 9.62 Å². The van der Waals surface area contributed by atoms with Crippen LogP contribution in [0.4, 0.5) is 0 Å². The van der Waals surface area contributed by atoms with E-state index in [4.69, 9.17) is 5.73 Å². The molecule has 6 nitrogen and oxygen atoms in total. The molecule has 7 heteroatoms. The van der Waals surface area contributed by atoms with Crippen LogP contribution in [0.25, 0.3) is 0 Å². The first-order chi connectivity index (χ1) is 11.7. The van der Waals surface area contributed by atoms with Gasteiger partial charge in [-0.05, 0) is 24.1 Å². The van der Waals surface area contributed by atoms with E-state index in [0.717, 1.165) is 4.31 Å². The first-order valence-corrected chi connectivity index (χ1v) is 9.24. The number of hydrogen-bond donors (Lipinski definition) is 2. The number of nitrogens with one attached hydrogen (secondary N) is 1. The van der Waals surface area contributed by atoms with Gasteiger partial charge in [-0.1, -0.05) is 48.5 Å². The van der Waals surface area contributed by atoms with E-state index < -0.39 is 15.6 Å². The highest BCUT2D eigenvalue weighted by molar-refractivity contribution is 7.89. The van der Waals surface area contributed by atoms with Crippen LogP contribution < -0.4 is 11.1 Å². The number of benzene rings is 2. The summed E-state index contributed by atoms with van der Waals surface area (Å²) >= 11 is 0. The summed E-state index contributed by atoms with van der Waals surface area (Å²) in [5, 5.41) is 2.74. The third kappa shape index (κ3) is 4.07. The second-order valence-electron chi connectivity index (χ2n) is 6.15. The molecule has 25 heavy (non-hydrogen) atoms. The average Bonchev–Trinajstić information content (AvgIpc) is 2.60. The Labute approximate surface area is 148 Å². The van der Waals surface area contributed by atoms with Gasteiger partial charge in [0.15, 0.2) is 0 Å². The van der Waals surface area contributed by atoms with Crippen molar-refractivity contribution in [2.24, 2.45) is 5.73 Å². The fourth-order valence-corrected chi connectivity index (χ4v) is 3.49. The molecule has 0 aliphatic rings. The molecule has 2 aromatic rings. The van der Waals surface area contributed by atoms with Gasteiger partial charge in [0, 0.05) is 20.6 Å². The maximum atomic E-state index is 12.5. The Balaban J connectivity index is 2.21. The summed E-state index contributed by atoms with van der Waals surface area (Å²) in [6.07, 6.45) is 0. The van der Waals surface area contributed by atoms with E-state index in [1.54, 1.807) is 37.3 Å². The minimum absolute atomic E-state index is 0.0711. The molecule has 1 amide bonds. The fraction of sp³-hybridized carbons (Fsp3) is 0.278. The summed E-state index contributed by atoms with van der Waals surface area (Å²) in [6, 6.07) is 15.6. The Hall–Kier alpha value is -2.22. The molecule has 0 aromatic heterocycles. The molecule has 2 rings (SSSR count). The van der Waals surface area contributed by atoms with E-state index in [2.05, 4.69) is 5.32 Å². The maximum Gasteiger partial charge on any atom is 0.244 e. The van der Waals surface area contributed by atoms with Crippen molar-refractivity contribution in [2.45, 2.75) is 23.9 Å². The largest absolute Gasteiger partial charge is 0.350 e. The Bertz CT molecular complexity index is 847. The highest BCUT2D eigenvalue weighted by Crippen LogP contribution is 2.20. The lowest BCUT2D eigenvalue weighted by atomic mass is 9.92. The van der Waals surface area contributed by atoms with Crippen molar-refractivity contribution >= 4 is 15.9 Å². The molecule has 3 N–H and O–H groups in total. The van der Waals surface area contributed by atoms with Gasteiger partial charge in [-0.2, -0.15) is 0 Å². The van der Waals surface area contributed by atoms with Crippen LogP contribution in [0.2, 0.25) is 0 Å². The molecule has 0 saturated heterocycles. The van der Waals surface area contributed by atoms with Gasteiger partial charge >= 0.3 is 0 Å². The van der Waals surface area contributed by atoms with Gasteiger partial charge in [0.2, 0.25) is 15.9 Å². The van der Waals surface area contributed by atoms with E-state index in [9.17, 15) is 13.2 Å². The van der Waals surface area contributed by atoms with E-state index in [0.29, 0.717) is 11.1 Å². The minimum atomic E-state index is -3.59. The Morgan fingerprint density at radius 2 is 1.64 bits per heavy atom. The Morgan fingerprint density at radius 3 is 2.24 bits per heavy atom. The normalized spacial score (nSPS) is 14.1. The summed E-state index contributed by atoms with van der Waals surface area (Å²) in [5.74, 6) is -0.379. The van der Waals surface area contributed by atoms with Gasteiger partial charge in [0.1, 0.15) is 5.54 Å². The molecule has 0 bridgehead atoms. The molecule has 1 unspecified atom stereocenters. The molecular formula is C18H23N3O3S. The van der Waals surface area contributed by atoms with Crippen LogP contribution in [0, 0.1) is 0 Å². The lowest BCUT2D eigenvalue weighted by Gasteiger charge is -2.24. The SMILES string of the molecule is CN(C)S(=O)(=O)c1ccccc1CNC(=O)C(C)(N)c1ccccc1. The number of sulfonamides is 1. The molecule has 0 aliphatic carbocycles. The molecule has 0 radical (unpaired) electrons. The lowest BCUT2D eigenvalue weighted by Crippen LogP contribution is -2.48. The van der Waals surface area contributed by atoms with Crippen molar-refractivity contribution in [1.29, 1.82) is 0 Å². The van der Waals surface area contributed by atoms with E-state index in [1.807, 2.05) is 18.2 Å². The third-order valence-corrected chi connectivity index (χ3v) is 5.93. The third-order valence-electron chi connectivity index (χ3n) is 4.02. The Kier molecular flexibility index (Phi) is 5.62. The monoisotopic (exact) mass is 361 g/mol. The van der Waals surface area contributed by atoms with Gasteiger partial charge in [-0.3, -0.25) is 4.79 Å². The smallest absolute Gasteiger partial charge is 0.244 e. The van der Waals surface area contributed by atoms with Gasteiger partial charge in [-0.25, -0.2) is 12.7 Å². The highest BCUT2D eigenvalue weighted by atomic mass is 32.2. The van der Waals surface area contributed by atoms with Crippen LogP contribution >= 0.6 is 0 Å². The zero-order chi connectivity index (χ0) is 18.7. The number of rotatable bonds is 6. The number of carbonyl (C=O) groups excluding carboxylic acids is 1. The summed E-state index contributed by atoms with van der Waals surface area (Å²) in [7, 11) is -0.654. The zero-order valence-electron chi connectivity index (χ0n) is 14.6. The van der Waals surface area contributed by atoms with Crippen LogP contribution in [-0.2, 0) is 26.9 Å². The summed E-state index contributed by atoms with van der Waals surface area (Å²) in [4.78, 5) is 12.7. The Morgan fingerprint density at radius 1 is 1.08 bits per heavy atom. The average molecular weight is 361 g/mol. The van der Waals surface area contributed by atoms with Gasteiger partial charge < -0.3 is 11.1 Å². The van der Waals surface area contributed by atoms with E-state index >= 15 is 0 Å². The summed E-state index contributed by atoms with van der Waals surface area (Å²) < 4.78 is 26.0. The molecule has 0 spiro atoms. The molecule has 1 atom stereocenters. The fourth-order valence-electron chi connectivity index (χ4n) is 2.37. The standard InChI is InChI=1S/C18H23N3O3S/c1-18(19,15-10-5-4-6-11-15)17(22)20-13-14-9-7-8-12-16(14)25(23,24)21(2)3/h4-12H,13,19H2,1-3H3,(H,20,22). The van der Waals surface area contributed by atoms with E-state index in [1.165, 1.54) is 20.2 Å². The zero-order valence-corrected chi connectivity index (χ0v) is 15.4. The predicted octanol–water partition coefficient (Wildman–Crippen LogP) is 1.43. The lowest BCUT2D eigenvalue weighted by molar-refractivity contribution is -0.126. The predicted molar refractivity (Wildman–Crippen MR) is 97.1 cm³/mol. The van der Waals surface area contributed by atoms with Crippen LogP contribution in [0.1, 0.15) is 18.1 Å². The molecule has 0 heterocycles. The van der Waals surface area contributed by atoms with Crippen molar-refractivity contribution in [2.75, 3.05) is 14.1 Å². The van der Waals surface area contributed by atoms with Crippen molar-refractivity contribution < 1.29 is 13.2 Å². The topological polar surface area (TPSA) is 92.5 Å². The first-order valence-electron chi connectivity index (χ1n) is 7.80. The molecular weight excluding hydrogens is 338 g/mol. The van der Waals surface area contributed by atoms with Gasteiger partial charge in [0.05, 0.1) is 4.90 Å². The van der Waals surface area contributed by atoms with Crippen LogP contribution in [0.5, 0.6) is 0 Å². The maximum absolute atomic E-state index is 12.5. The molecule has 134 valence electrons. The van der Waals surface area contributed by atoms with Crippen LogP contribution in [-0.4, -0.2) is 32.7 Å². The number of carbonyl (C=O) groups is 1. The number of nitrogens with two attached hydrogens (primary N) is 1. The number of nitrogens with zero attached hydrogens (tertiary/aromatic N) is 1. The van der Waals surface area contributed by atoms with E-state index in [-0.39, 0.29) is 17.3 Å². The second kappa shape index (κ2) is 7.35. The molecule has 2 aromatic carbocycles. The minimum Gasteiger partial charge on any atom is -0.350 e. The highest BCUT2D eigenvalue weighted by Gasteiger charge is 2.30. The summed E-state index contributed by atoms with van der Waals surface area (Å²) in [6.45, 7) is 1.70. The van der Waals surface area contributed by atoms with Gasteiger partial charge in [-0.15, -0.1) is 0 Å². The van der Waals surface area contributed by atoms with Crippen molar-refractivity contribution in [3.8, 4) is 0 Å². The van der Waals surface area contributed by atoms with Crippen LogP contribution in [0.15, 0.2) is 59.5 Å². The van der Waals surface area contributed by atoms with Gasteiger partial charge in [0.25, 0.3) is 0 Å². The second-order valence-corrected chi connectivity index (χ2v) is 8.27. The summed E-state index contributed by atoms with van der Waals surface area (Å²) in [5.41, 5.74) is 6.16. The number of hydrogen-bond acceptors (Lipinski definition) is 4. The van der Waals surface area contributed by atoms with Crippen molar-refractivity contribution in [3.05, 3.63) is 65.7 Å². The van der Waals surface area contributed by atoms with Crippen LogP contribution in [0.3, 0.4) is 0 Å². The number of amides is 1. The first kappa shape index (κ1) is 19.1. The quantitative estimate of drug-likeness (QED) is 0.814. The van der Waals surface area contributed by atoms with Crippen molar-refractivity contribution in [3.63, 3.8) is 0 Å². The molecule has 0 saturated carbocycles.